The van der Waals surface area contributed by atoms with Crippen LogP contribution in [-0.4, -0.2) is 44.0 Å². The second-order valence-electron chi connectivity index (χ2n) is 6.68. The van der Waals surface area contributed by atoms with Crippen molar-refractivity contribution < 1.29 is 14.3 Å². The monoisotopic (exact) mass is 411 g/mol. The van der Waals surface area contributed by atoms with E-state index in [0.29, 0.717) is 16.5 Å². The number of nitrogens with one attached hydrogen (secondary N) is 2. The van der Waals surface area contributed by atoms with Gasteiger partial charge in [-0.2, -0.15) is 0 Å². The van der Waals surface area contributed by atoms with Crippen LogP contribution in [0.3, 0.4) is 0 Å². The molecular formula is C22H22ClN3O3. The molecule has 0 unspecified atom stereocenters. The average Bonchev–Trinajstić information content (AvgIpc) is 2.67. The molecule has 3 rings (SSSR count). The lowest BCUT2D eigenvalue weighted by atomic mass is 10.1. The van der Waals surface area contributed by atoms with Crippen LogP contribution in [0.5, 0.6) is 5.75 Å². The first-order valence-electron chi connectivity index (χ1n) is 9.05. The first-order chi connectivity index (χ1) is 13.9. The number of fused-ring (bicyclic) bond motifs is 1. The fourth-order valence-corrected chi connectivity index (χ4v) is 3.15. The highest BCUT2D eigenvalue weighted by Gasteiger charge is 2.13. The zero-order valence-electron chi connectivity index (χ0n) is 16.2. The van der Waals surface area contributed by atoms with Gasteiger partial charge < -0.3 is 15.4 Å². The Morgan fingerprint density at radius 2 is 1.62 bits per heavy atom. The van der Waals surface area contributed by atoms with Crippen molar-refractivity contribution in [1.29, 1.82) is 0 Å². The first-order valence-corrected chi connectivity index (χ1v) is 9.43. The number of nitrogens with zero attached hydrogens (tertiary/aromatic N) is 1. The number of halogens is 1. The number of rotatable bonds is 7. The average molecular weight is 412 g/mol. The summed E-state index contributed by atoms with van der Waals surface area (Å²) in [6, 6.07) is 18.6. The van der Waals surface area contributed by atoms with Gasteiger partial charge in [0.1, 0.15) is 5.75 Å². The largest absolute Gasteiger partial charge is 0.495 e. The lowest BCUT2D eigenvalue weighted by molar-refractivity contribution is -0.119. The Morgan fingerprint density at radius 3 is 2.34 bits per heavy atom. The number of anilines is 2. The molecule has 150 valence electrons. The number of methoxy groups -OCH3 is 1. The van der Waals surface area contributed by atoms with Crippen LogP contribution in [0.25, 0.3) is 10.8 Å². The fraction of sp³-hybridized carbons (Fsp3) is 0.182. The second kappa shape index (κ2) is 9.41. The van der Waals surface area contributed by atoms with Gasteiger partial charge in [-0.3, -0.25) is 14.5 Å². The molecule has 0 saturated heterocycles. The van der Waals surface area contributed by atoms with Gasteiger partial charge in [0, 0.05) is 10.7 Å². The molecule has 0 aliphatic rings. The molecule has 0 atom stereocenters. The maximum absolute atomic E-state index is 12.3. The molecule has 0 aliphatic heterocycles. The summed E-state index contributed by atoms with van der Waals surface area (Å²) in [5, 5.41) is 8.27. The molecule has 0 fully saturated rings. The minimum Gasteiger partial charge on any atom is -0.495 e. The van der Waals surface area contributed by atoms with Crippen LogP contribution in [0, 0.1) is 0 Å². The van der Waals surface area contributed by atoms with E-state index in [9.17, 15) is 9.59 Å². The predicted octanol–water partition coefficient (Wildman–Crippen LogP) is 4.01. The predicted molar refractivity (Wildman–Crippen MR) is 117 cm³/mol. The van der Waals surface area contributed by atoms with Crippen molar-refractivity contribution >= 4 is 45.6 Å². The van der Waals surface area contributed by atoms with Crippen LogP contribution in [-0.2, 0) is 9.59 Å². The molecule has 3 aromatic carbocycles. The minimum absolute atomic E-state index is 0.0425. The number of hydrogen-bond acceptors (Lipinski definition) is 4. The first kappa shape index (κ1) is 20.6. The van der Waals surface area contributed by atoms with Gasteiger partial charge in [0.2, 0.25) is 11.8 Å². The lowest BCUT2D eigenvalue weighted by Crippen LogP contribution is -2.36. The van der Waals surface area contributed by atoms with E-state index in [4.69, 9.17) is 16.3 Å². The standard InChI is InChI=1S/C22H22ClN3O3/c1-26(14-22(28)25-19-12-17(23)8-10-20(19)29-2)13-21(27)24-18-9-7-15-5-3-4-6-16(15)11-18/h3-12H,13-14H2,1-2H3,(H,24,27)(H,25,28). The highest BCUT2D eigenvalue weighted by Crippen LogP contribution is 2.27. The summed E-state index contributed by atoms with van der Waals surface area (Å²) in [5.41, 5.74) is 1.20. The molecule has 3 aromatic rings. The molecule has 6 nitrogen and oxygen atoms in total. The highest BCUT2D eigenvalue weighted by molar-refractivity contribution is 6.31. The van der Waals surface area contributed by atoms with Gasteiger partial charge >= 0.3 is 0 Å². The molecule has 0 spiro atoms. The Balaban J connectivity index is 1.54. The second-order valence-corrected chi connectivity index (χ2v) is 7.11. The van der Waals surface area contributed by atoms with Gasteiger partial charge in [-0.25, -0.2) is 0 Å². The fourth-order valence-electron chi connectivity index (χ4n) is 2.98. The summed E-state index contributed by atoms with van der Waals surface area (Å²) < 4.78 is 5.22. The Bertz CT molecular complexity index is 1040. The van der Waals surface area contributed by atoms with Gasteiger partial charge in [-0.1, -0.05) is 41.9 Å². The third kappa shape index (κ3) is 5.70. The van der Waals surface area contributed by atoms with Gasteiger partial charge in [0.25, 0.3) is 0 Å². The van der Waals surface area contributed by atoms with Crippen LogP contribution in [0.4, 0.5) is 11.4 Å². The van der Waals surface area contributed by atoms with Crippen LogP contribution in [0.15, 0.2) is 60.7 Å². The van der Waals surface area contributed by atoms with Gasteiger partial charge in [0.05, 0.1) is 25.9 Å². The van der Waals surface area contributed by atoms with E-state index in [-0.39, 0.29) is 24.9 Å². The quantitative estimate of drug-likeness (QED) is 0.616. The van der Waals surface area contributed by atoms with E-state index >= 15 is 0 Å². The van der Waals surface area contributed by atoms with Crippen LogP contribution in [0.1, 0.15) is 0 Å². The third-order valence-corrected chi connectivity index (χ3v) is 4.53. The van der Waals surface area contributed by atoms with Gasteiger partial charge in [-0.15, -0.1) is 0 Å². The summed E-state index contributed by atoms with van der Waals surface area (Å²) in [6.45, 7) is 0.119. The molecule has 0 aromatic heterocycles. The Labute approximate surface area is 174 Å². The van der Waals surface area contributed by atoms with E-state index < -0.39 is 0 Å². The molecule has 29 heavy (non-hydrogen) atoms. The van der Waals surface area contributed by atoms with Crippen molar-refractivity contribution in [2.75, 3.05) is 37.9 Å². The van der Waals surface area contributed by atoms with Crippen LogP contribution >= 0.6 is 11.6 Å². The number of amides is 2. The molecule has 0 aliphatic carbocycles. The van der Waals surface area contributed by atoms with Gasteiger partial charge in [0.15, 0.2) is 0 Å². The number of ether oxygens (including phenoxy) is 1. The molecule has 2 amide bonds. The van der Waals surface area contributed by atoms with E-state index in [0.717, 1.165) is 16.5 Å². The summed E-state index contributed by atoms with van der Waals surface area (Å²) in [5.74, 6) is 0.0435. The van der Waals surface area contributed by atoms with Crippen molar-refractivity contribution in [2.45, 2.75) is 0 Å². The van der Waals surface area contributed by atoms with Crippen molar-refractivity contribution in [2.24, 2.45) is 0 Å². The Morgan fingerprint density at radius 1 is 0.931 bits per heavy atom. The van der Waals surface area contributed by atoms with E-state index in [2.05, 4.69) is 10.6 Å². The zero-order chi connectivity index (χ0) is 20.8. The lowest BCUT2D eigenvalue weighted by Gasteiger charge is -2.17. The smallest absolute Gasteiger partial charge is 0.238 e. The van der Waals surface area contributed by atoms with Crippen molar-refractivity contribution in [3.8, 4) is 5.75 Å². The molecule has 0 bridgehead atoms. The van der Waals surface area contributed by atoms with Crippen LogP contribution in [0.2, 0.25) is 5.02 Å². The number of carbonyl (C=O) groups is 2. The normalized spacial score (nSPS) is 10.8. The number of likely N-dealkylation sites (N-methyl/N-ethyl adjacent to an activating group) is 1. The number of hydrogen-bond donors (Lipinski definition) is 2. The Kier molecular flexibility index (Phi) is 6.69. The molecule has 2 N–H and O–H groups in total. The number of carbonyl (C=O) groups excluding carboxylic acids is 2. The molecule has 0 heterocycles. The molecule has 7 heteroatoms. The zero-order valence-corrected chi connectivity index (χ0v) is 17.0. The molecule has 0 saturated carbocycles. The highest BCUT2D eigenvalue weighted by atomic mass is 35.5. The summed E-state index contributed by atoms with van der Waals surface area (Å²) in [7, 11) is 3.22. The minimum atomic E-state index is -0.272. The van der Waals surface area contributed by atoms with Crippen molar-refractivity contribution in [3.05, 3.63) is 65.7 Å². The third-order valence-electron chi connectivity index (χ3n) is 4.30. The Hall–Kier alpha value is -3.09. The van der Waals surface area contributed by atoms with E-state index in [1.54, 1.807) is 30.1 Å². The maximum atomic E-state index is 12.3. The van der Waals surface area contributed by atoms with Crippen LogP contribution < -0.4 is 15.4 Å². The SMILES string of the molecule is COc1ccc(Cl)cc1NC(=O)CN(C)CC(=O)Nc1ccc2ccccc2c1. The van der Waals surface area contributed by atoms with E-state index in [1.165, 1.54) is 7.11 Å². The van der Waals surface area contributed by atoms with Gasteiger partial charge in [-0.05, 0) is 48.2 Å². The van der Waals surface area contributed by atoms with Crippen molar-refractivity contribution in [3.63, 3.8) is 0 Å². The summed E-state index contributed by atoms with van der Waals surface area (Å²) in [6.07, 6.45) is 0. The maximum Gasteiger partial charge on any atom is 0.238 e. The summed E-state index contributed by atoms with van der Waals surface area (Å²) in [4.78, 5) is 26.3. The molecule has 0 radical (unpaired) electrons. The van der Waals surface area contributed by atoms with E-state index in [1.807, 2.05) is 42.5 Å². The van der Waals surface area contributed by atoms with Crippen molar-refractivity contribution in [1.82, 2.24) is 4.90 Å². The molecular weight excluding hydrogens is 390 g/mol. The number of benzene rings is 3. The topological polar surface area (TPSA) is 70.7 Å². The summed E-state index contributed by atoms with van der Waals surface area (Å²) >= 11 is 5.98.